The Bertz CT molecular complexity index is 45.3. The SMILES string of the molecule is CCC(N)C(C)P. The molecule has 3 atom stereocenters. The van der Waals surface area contributed by atoms with Crippen molar-refractivity contribution in [3.05, 3.63) is 0 Å². The van der Waals surface area contributed by atoms with Crippen LogP contribution in [-0.2, 0) is 0 Å². The Morgan fingerprint density at radius 2 is 2.14 bits per heavy atom. The highest BCUT2D eigenvalue weighted by molar-refractivity contribution is 7.17. The Morgan fingerprint density at radius 1 is 1.71 bits per heavy atom. The van der Waals surface area contributed by atoms with Crippen LogP contribution in [0.4, 0.5) is 0 Å². The van der Waals surface area contributed by atoms with Gasteiger partial charge in [0.25, 0.3) is 0 Å². The lowest BCUT2D eigenvalue weighted by atomic mass is 10.2. The van der Waals surface area contributed by atoms with Crippen LogP contribution in [-0.4, -0.2) is 11.7 Å². The van der Waals surface area contributed by atoms with Crippen LogP contribution < -0.4 is 5.73 Å². The van der Waals surface area contributed by atoms with Gasteiger partial charge in [-0.2, -0.15) is 0 Å². The van der Waals surface area contributed by atoms with E-state index in [9.17, 15) is 0 Å². The van der Waals surface area contributed by atoms with Gasteiger partial charge in [-0.15, -0.1) is 9.24 Å². The molecule has 0 spiro atoms. The van der Waals surface area contributed by atoms with E-state index in [1.54, 1.807) is 0 Å². The maximum Gasteiger partial charge on any atom is 0.00966 e. The Kier molecular flexibility index (Phi) is 3.59. The van der Waals surface area contributed by atoms with Crippen molar-refractivity contribution in [1.29, 1.82) is 0 Å². The van der Waals surface area contributed by atoms with Crippen molar-refractivity contribution < 1.29 is 0 Å². The van der Waals surface area contributed by atoms with E-state index in [0.29, 0.717) is 11.7 Å². The quantitative estimate of drug-likeness (QED) is 0.539. The molecular weight excluding hydrogens is 105 g/mol. The predicted octanol–water partition coefficient (Wildman–Crippen LogP) is 0.987. The van der Waals surface area contributed by atoms with Gasteiger partial charge in [0.2, 0.25) is 0 Å². The molecule has 0 aliphatic rings. The molecule has 0 saturated heterocycles. The molecule has 2 heteroatoms. The summed E-state index contributed by atoms with van der Waals surface area (Å²) in [6.07, 6.45) is 1.07. The number of hydrogen-bond acceptors (Lipinski definition) is 1. The van der Waals surface area contributed by atoms with Gasteiger partial charge in [0.05, 0.1) is 0 Å². The third kappa shape index (κ3) is 3.02. The molecule has 0 aromatic rings. The molecule has 44 valence electrons. The molecule has 0 fully saturated rings. The van der Waals surface area contributed by atoms with Gasteiger partial charge in [-0.05, 0) is 12.1 Å². The van der Waals surface area contributed by atoms with Crippen LogP contribution in [0.2, 0.25) is 0 Å². The smallest absolute Gasteiger partial charge is 0.00966 e. The lowest BCUT2D eigenvalue weighted by molar-refractivity contribution is 0.642. The van der Waals surface area contributed by atoms with E-state index in [1.165, 1.54) is 0 Å². The van der Waals surface area contributed by atoms with Crippen LogP contribution in [0.25, 0.3) is 0 Å². The molecule has 0 saturated carbocycles. The molecule has 0 rings (SSSR count). The molecule has 3 unspecified atom stereocenters. The summed E-state index contributed by atoms with van der Waals surface area (Å²) in [4.78, 5) is 0. The lowest BCUT2D eigenvalue weighted by Crippen LogP contribution is -2.26. The average molecular weight is 119 g/mol. The molecule has 2 N–H and O–H groups in total. The van der Waals surface area contributed by atoms with Crippen LogP contribution in [0.5, 0.6) is 0 Å². The van der Waals surface area contributed by atoms with E-state index in [1.807, 2.05) is 0 Å². The zero-order valence-electron chi connectivity index (χ0n) is 5.02. The van der Waals surface area contributed by atoms with Gasteiger partial charge >= 0.3 is 0 Å². The van der Waals surface area contributed by atoms with E-state index in [2.05, 4.69) is 23.1 Å². The van der Waals surface area contributed by atoms with Crippen molar-refractivity contribution in [3.63, 3.8) is 0 Å². The highest BCUT2D eigenvalue weighted by atomic mass is 31.0. The summed E-state index contributed by atoms with van der Waals surface area (Å²) in [5.74, 6) is 0. The van der Waals surface area contributed by atoms with Crippen molar-refractivity contribution in [2.45, 2.75) is 32.0 Å². The highest BCUT2D eigenvalue weighted by Gasteiger charge is 2.01. The molecule has 7 heavy (non-hydrogen) atoms. The van der Waals surface area contributed by atoms with Crippen LogP contribution in [0, 0.1) is 0 Å². The van der Waals surface area contributed by atoms with Gasteiger partial charge in [-0.3, -0.25) is 0 Å². The first-order valence-corrected chi connectivity index (χ1v) is 3.36. The van der Waals surface area contributed by atoms with Gasteiger partial charge in [0, 0.05) is 6.04 Å². The van der Waals surface area contributed by atoms with E-state index in [0.717, 1.165) is 6.42 Å². The first kappa shape index (κ1) is 7.39. The van der Waals surface area contributed by atoms with Crippen molar-refractivity contribution in [3.8, 4) is 0 Å². The Balaban J connectivity index is 3.14. The van der Waals surface area contributed by atoms with Crippen LogP contribution >= 0.6 is 9.24 Å². The zero-order chi connectivity index (χ0) is 5.86. The first-order valence-electron chi connectivity index (χ1n) is 2.69. The molecular formula is C5H14NP. The van der Waals surface area contributed by atoms with Crippen molar-refractivity contribution in [2.75, 3.05) is 0 Å². The van der Waals surface area contributed by atoms with Gasteiger partial charge in [0.15, 0.2) is 0 Å². The molecule has 0 aliphatic carbocycles. The Morgan fingerprint density at radius 3 is 2.14 bits per heavy atom. The second kappa shape index (κ2) is 3.40. The summed E-state index contributed by atoms with van der Waals surface area (Å²) >= 11 is 0. The van der Waals surface area contributed by atoms with E-state index >= 15 is 0 Å². The minimum Gasteiger partial charge on any atom is -0.327 e. The third-order valence-electron chi connectivity index (χ3n) is 1.15. The topological polar surface area (TPSA) is 26.0 Å². The van der Waals surface area contributed by atoms with E-state index in [-0.39, 0.29) is 0 Å². The van der Waals surface area contributed by atoms with Gasteiger partial charge in [0.1, 0.15) is 0 Å². The molecule has 0 heterocycles. The van der Waals surface area contributed by atoms with E-state index < -0.39 is 0 Å². The lowest BCUT2D eigenvalue weighted by Gasteiger charge is -2.10. The van der Waals surface area contributed by atoms with Crippen molar-refractivity contribution >= 4 is 9.24 Å². The summed E-state index contributed by atoms with van der Waals surface area (Å²) in [6.45, 7) is 4.21. The summed E-state index contributed by atoms with van der Waals surface area (Å²) in [7, 11) is 2.69. The maximum absolute atomic E-state index is 5.59. The van der Waals surface area contributed by atoms with Crippen LogP contribution in [0.15, 0.2) is 0 Å². The molecule has 0 radical (unpaired) electrons. The minimum absolute atomic E-state index is 0.366. The average Bonchev–Trinajstić information content (AvgIpc) is 1.65. The number of rotatable bonds is 2. The summed E-state index contributed by atoms with van der Waals surface area (Å²) in [5.41, 5.74) is 6.16. The zero-order valence-corrected chi connectivity index (χ0v) is 6.17. The number of nitrogens with two attached hydrogens (primary N) is 1. The second-order valence-corrected chi connectivity index (χ2v) is 2.98. The fourth-order valence-corrected chi connectivity index (χ4v) is 0.644. The molecule has 0 bridgehead atoms. The predicted molar refractivity (Wildman–Crippen MR) is 37.4 cm³/mol. The van der Waals surface area contributed by atoms with Crippen molar-refractivity contribution in [2.24, 2.45) is 5.73 Å². The van der Waals surface area contributed by atoms with Gasteiger partial charge in [-0.1, -0.05) is 13.8 Å². The number of hydrogen-bond donors (Lipinski definition) is 1. The summed E-state index contributed by atoms with van der Waals surface area (Å²) in [5, 5.41) is 0. The largest absolute Gasteiger partial charge is 0.327 e. The van der Waals surface area contributed by atoms with Crippen LogP contribution in [0.1, 0.15) is 20.3 Å². The summed E-state index contributed by atoms with van der Waals surface area (Å²) < 4.78 is 0. The minimum atomic E-state index is 0.366. The van der Waals surface area contributed by atoms with Crippen molar-refractivity contribution in [1.82, 2.24) is 0 Å². The fraction of sp³-hybridized carbons (Fsp3) is 1.00. The van der Waals surface area contributed by atoms with Gasteiger partial charge < -0.3 is 5.73 Å². The maximum atomic E-state index is 5.59. The molecule has 0 aromatic heterocycles. The third-order valence-corrected chi connectivity index (χ3v) is 1.64. The fourth-order valence-electron chi connectivity index (χ4n) is 0.372. The first-order chi connectivity index (χ1) is 3.18. The Labute approximate surface area is 47.9 Å². The van der Waals surface area contributed by atoms with Crippen LogP contribution in [0.3, 0.4) is 0 Å². The molecule has 1 nitrogen and oxygen atoms in total. The highest BCUT2D eigenvalue weighted by Crippen LogP contribution is 2.03. The second-order valence-electron chi connectivity index (χ2n) is 1.93. The standard InChI is InChI=1S/C5H14NP/c1-3-5(6)4(2)7/h4-5H,3,6-7H2,1-2H3. The monoisotopic (exact) mass is 119 g/mol. The molecule has 0 aliphatic heterocycles. The molecule has 0 aromatic carbocycles. The van der Waals surface area contributed by atoms with E-state index in [4.69, 9.17) is 5.73 Å². The van der Waals surface area contributed by atoms with Gasteiger partial charge in [-0.25, -0.2) is 0 Å². The summed E-state index contributed by atoms with van der Waals surface area (Å²) in [6, 6.07) is 0.366. The Hall–Kier alpha value is 0.390. The normalized spacial score (nSPS) is 18.9. The molecule has 0 amide bonds.